The van der Waals surface area contributed by atoms with Gasteiger partial charge in [-0.2, -0.15) is 0 Å². The summed E-state index contributed by atoms with van der Waals surface area (Å²) in [6.07, 6.45) is 3.48. The Kier molecular flexibility index (Phi) is 3.00. The number of nitrogens with one attached hydrogen (secondary N) is 1. The molecule has 1 aromatic rings. The number of amides is 1. The topological polar surface area (TPSA) is 84.1 Å². The Morgan fingerprint density at radius 3 is 2.88 bits per heavy atom. The summed E-state index contributed by atoms with van der Waals surface area (Å²) >= 11 is 0. The standard InChI is InChI=1S/C10H15N5O/c1-7-4-13-10(14-5-7)15-3-2-12-6-8(15)9(11)16/h4-5,8,12H,2-3,6H2,1H3,(H2,11,16). The number of carbonyl (C=O) groups excluding carboxylic acids is 1. The van der Waals surface area contributed by atoms with Gasteiger partial charge in [0.25, 0.3) is 0 Å². The van der Waals surface area contributed by atoms with Gasteiger partial charge in [0.1, 0.15) is 6.04 Å². The fourth-order valence-electron chi connectivity index (χ4n) is 1.73. The Hall–Kier alpha value is -1.69. The van der Waals surface area contributed by atoms with Crippen LogP contribution in [0.2, 0.25) is 0 Å². The quantitative estimate of drug-likeness (QED) is 0.672. The molecule has 1 aromatic heterocycles. The lowest BCUT2D eigenvalue weighted by atomic mass is 10.2. The van der Waals surface area contributed by atoms with E-state index in [0.717, 1.165) is 12.1 Å². The van der Waals surface area contributed by atoms with Crippen molar-refractivity contribution in [3.05, 3.63) is 18.0 Å². The molecule has 16 heavy (non-hydrogen) atoms. The van der Waals surface area contributed by atoms with Crippen molar-refractivity contribution in [1.29, 1.82) is 0 Å². The first kappa shape index (κ1) is 10.8. The van der Waals surface area contributed by atoms with E-state index in [1.54, 1.807) is 12.4 Å². The molecule has 0 radical (unpaired) electrons. The largest absolute Gasteiger partial charge is 0.368 e. The van der Waals surface area contributed by atoms with E-state index in [1.807, 2.05) is 11.8 Å². The summed E-state index contributed by atoms with van der Waals surface area (Å²) in [5.41, 5.74) is 6.34. The van der Waals surface area contributed by atoms with E-state index in [0.29, 0.717) is 19.0 Å². The van der Waals surface area contributed by atoms with Crippen LogP contribution in [-0.4, -0.2) is 41.6 Å². The average molecular weight is 221 g/mol. The summed E-state index contributed by atoms with van der Waals surface area (Å²) < 4.78 is 0. The van der Waals surface area contributed by atoms with Crippen molar-refractivity contribution < 1.29 is 4.79 Å². The van der Waals surface area contributed by atoms with Crippen LogP contribution in [0.5, 0.6) is 0 Å². The molecular formula is C10H15N5O. The minimum atomic E-state index is -0.364. The third-order valence-corrected chi connectivity index (χ3v) is 2.60. The summed E-state index contributed by atoms with van der Waals surface area (Å²) in [6, 6.07) is -0.364. The predicted octanol–water partition coefficient (Wildman–Crippen LogP) is -0.951. The zero-order valence-electron chi connectivity index (χ0n) is 9.18. The Bertz CT molecular complexity index is 377. The number of anilines is 1. The minimum Gasteiger partial charge on any atom is -0.368 e. The lowest BCUT2D eigenvalue weighted by molar-refractivity contribution is -0.119. The van der Waals surface area contributed by atoms with Gasteiger partial charge in [0.15, 0.2) is 0 Å². The molecule has 1 amide bonds. The molecule has 0 bridgehead atoms. The summed E-state index contributed by atoms with van der Waals surface area (Å²) in [5, 5.41) is 3.13. The summed E-state index contributed by atoms with van der Waals surface area (Å²) in [7, 11) is 0. The van der Waals surface area contributed by atoms with Crippen LogP contribution in [-0.2, 0) is 4.79 Å². The molecule has 3 N–H and O–H groups in total. The normalized spacial score (nSPS) is 20.8. The fraction of sp³-hybridized carbons (Fsp3) is 0.500. The van der Waals surface area contributed by atoms with E-state index in [2.05, 4.69) is 15.3 Å². The maximum Gasteiger partial charge on any atom is 0.241 e. The van der Waals surface area contributed by atoms with Gasteiger partial charge in [-0.05, 0) is 12.5 Å². The zero-order valence-corrected chi connectivity index (χ0v) is 9.18. The van der Waals surface area contributed by atoms with Gasteiger partial charge in [0.05, 0.1) is 0 Å². The predicted molar refractivity (Wildman–Crippen MR) is 60.0 cm³/mol. The Morgan fingerprint density at radius 1 is 1.56 bits per heavy atom. The van der Waals surface area contributed by atoms with Gasteiger partial charge in [-0.15, -0.1) is 0 Å². The van der Waals surface area contributed by atoms with Crippen molar-refractivity contribution in [3.8, 4) is 0 Å². The first-order valence-electron chi connectivity index (χ1n) is 5.24. The van der Waals surface area contributed by atoms with Crippen molar-refractivity contribution in [3.63, 3.8) is 0 Å². The molecule has 1 fully saturated rings. The zero-order chi connectivity index (χ0) is 11.5. The first-order valence-corrected chi connectivity index (χ1v) is 5.24. The summed E-state index contributed by atoms with van der Waals surface area (Å²) in [4.78, 5) is 21.6. The number of hydrogen-bond acceptors (Lipinski definition) is 5. The highest BCUT2D eigenvalue weighted by Gasteiger charge is 2.28. The molecule has 0 saturated carbocycles. The fourth-order valence-corrected chi connectivity index (χ4v) is 1.73. The van der Waals surface area contributed by atoms with Gasteiger partial charge >= 0.3 is 0 Å². The smallest absolute Gasteiger partial charge is 0.241 e. The second-order valence-corrected chi connectivity index (χ2v) is 3.88. The highest BCUT2D eigenvalue weighted by atomic mass is 16.1. The van der Waals surface area contributed by atoms with Crippen LogP contribution in [0.4, 0.5) is 5.95 Å². The molecule has 86 valence electrons. The second kappa shape index (κ2) is 4.44. The average Bonchev–Trinajstić information content (AvgIpc) is 2.30. The van der Waals surface area contributed by atoms with Crippen molar-refractivity contribution in [2.75, 3.05) is 24.5 Å². The SMILES string of the molecule is Cc1cnc(N2CCNCC2C(N)=O)nc1. The van der Waals surface area contributed by atoms with Gasteiger partial charge in [0, 0.05) is 32.0 Å². The lowest BCUT2D eigenvalue weighted by Gasteiger charge is -2.34. The highest BCUT2D eigenvalue weighted by molar-refractivity contribution is 5.83. The number of aromatic nitrogens is 2. The molecule has 1 unspecified atom stereocenters. The van der Waals surface area contributed by atoms with Gasteiger partial charge in [-0.1, -0.05) is 0 Å². The molecule has 0 aliphatic carbocycles. The number of primary amides is 1. The maximum absolute atomic E-state index is 11.3. The van der Waals surface area contributed by atoms with Crippen LogP contribution in [0.25, 0.3) is 0 Å². The Morgan fingerprint density at radius 2 is 2.25 bits per heavy atom. The molecule has 1 atom stereocenters. The number of aryl methyl sites for hydroxylation is 1. The number of piperazine rings is 1. The second-order valence-electron chi connectivity index (χ2n) is 3.88. The third-order valence-electron chi connectivity index (χ3n) is 2.60. The summed E-state index contributed by atoms with van der Waals surface area (Å²) in [6.45, 7) is 3.97. The van der Waals surface area contributed by atoms with Crippen molar-refractivity contribution in [1.82, 2.24) is 15.3 Å². The van der Waals surface area contributed by atoms with Crippen LogP contribution in [0.15, 0.2) is 12.4 Å². The molecular weight excluding hydrogens is 206 g/mol. The van der Waals surface area contributed by atoms with Crippen LogP contribution in [0.3, 0.4) is 0 Å². The maximum atomic E-state index is 11.3. The van der Waals surface area contributed by atoms with Gasteiger partial charge < -0.3 is 16.0 Å². The van der Waals surface area contributed by atoms with Gasteiger partial charge in [-0.25, -0.2) is 9.97 Å². The molecule has 6 heteroatoms. The molecule has 6 nitrogen and oxygen atoms in total. The highest BCUT2D eigenvalue weighted by Crippen LogP contribution is 2.12. The molecule has 2 rings (SSSR count). The first-order chi connectivity index (χ1) is 7.68. The number of rotatable bonds is 2. The number of nitrogens with two attached hydrogens (primary N) is 1. The summed E-state index contributed by atoms with van der Waals surface area (Å²) in [5.74, 6) is 0.215. The lowest BCUT2D eigenvalue weighted by Crippen LogP contribution is -2.57. The van der Waals surface area contributed by atoms with Crippen LogP contribution in [0, 0.1) is 6.92 Å². The van der Waals surface area contributed by atoms with Crippen molar-refractivity contribution in [2.24, 2.45) is 5.73 Å². The number of carbonyl (C=O) groups is 1. The molecule has 1 saturated heterocycles. The van der Waals surface area contributed by atoms with E-state index >= 15 is 0 Å². The number of hydrogen-bond donors (Lipinski definition) is 2. The molecule has 0 spiro atoms. The van der Waals surface area contributed by atoms with Crippen LogP contribution < -0.4 is 16.0 Å². The van der Waals surface area contributed by atoms with E-state index in [4.69, 9.17) is 5.73 Å². The Labute approximate surface area is 93.9 Å². The minimum absolute atomic E-state index is 0.351. The monoisotopic (exact) mass is 221 g/mol. The molecule has 2 heterocycles. The van der Waals surface area contributed by atoms with Crippen molar-refractivity contribution in [2.45, 2.75) is 13.0 Å². The van der Waals surface area contributed by atoms with E-state index in [1.165, 1.54) is 0 Å². The van der Waals surface area contributed by atoms with E-state index < -0.39 is 0 Å². The third kappa shape index (κ3) is 2.11. The Balaban J connectivity index is 2.23. The van der Waals surface area contributed by atoms with E-state index in [9.17, 15) is 4.79 Å². The van der Waals surface area contributed by atoms with E-state index in [-0.39, 0.29) is 11.9 Å². The van der Waals surface area contributed by atoms with Crippen LogP contribution in [0.1, 0.15) is 5.56 Å². The number of nitrogens with zero attached hydrogens (tertiary/aromatic N) is 3. The van der Waals surface area contributed by atoms with Crippen molar-refractivity contribution >= 4 is 11.9 Å². The van der Waals surface area contributed by atoms with Crippen LogP contribution >= 0.6 is 0 Å². The van der Waals surface area contributed by atoms with Gasteiger partial charge in [-0.3, -0.25) is 4.79 Å². The molecule has 1 aliphatic heterocycles. The molecule has 1 aliphatic rings. The molecule has 0 aromatic carbocycles. The van der Waals surface area contributed by atoms with Gasteiger partial charge in [0.2, 0.25) is 11.9 Å².